The average Bonchev–Trinajstić information content (AvgIpc) is 3.47. The summed E-state index contributed by atoms with van der Waals surface area (Å²) in [5, 5.41) is 3.66. The van der Waals surface area contributed by atoms with Gasteiger partial charge in [0.25, 0.3) is 5.91 Å². The van der Waals surface area contributed by atoms with E-state index in [-0.39, 0.29) is 5.91 Å². The van der Waals surface area contributed by atoms with Crippen LogP contribution < -0.4 is 15.0 Å². The maximum Gasteiger partial charge on any atom is 0.269 e. The van der Waals surface area contributed by atoms with Gasteiger partial charge in [0.05, 0.1) is 16.4 Å². The summed E-state index contributed by atoms with van der Waals surface area (Å²) in [5.74, 6) is 1.13. The molecule has 31 heavy (non-hydrogen) atoms. The first-order chi connectivity index (χ1) is 15.2. The number of anilines is 1. The second kappa shape index (κ2) is 8.80. The fraction of sp³-hybridized carbons (Fsp3) is 0.435. The smallest absolute Gasteiger partial charge is 0.269 e. The molecule has 162 valence electrons. The molecule has 2 fully saturated rings. The number of carbonyl (C=O) groups is 1. The van der Waals surface area contributed by atoms with Gasteiger partial charge < -0.3 is 15.0 Å². The molecule has 1 N–H and O–H groups in total. The number of benzene rings is 1. The number of nitrogens with one attached hydrogen (secondary N) is 1. The molecular formula is C23H27N5O2S. The maximum atomic E-state index is 11.6. The topological polar surface area (TPSA) is 70.6 Å². The van der Waals surface area contributed by atoms with E-state index in [9.17, 15) is 4.79 Å². The van der Waals surface area contributed by atoms with Crippen LogP contribution in [0.25, 0.3) is 10.2 Å². The molecule has 1 unspecified atom stereocenters. The third-order valence-electron chi connectivity index (χ3n) is 6.12. The molecule has 2 saturated heterocycles. The molecule has 1 atom stereocenters. The molecule has 0 spiro atoms. The number of hydrogen-bond acceptors (Lipinski definition) is 7. The summed E-state index contributed by atoms with van der Waals surface area (Å²) in [6, 6.07) is 10.0. The second-order valence-electron chi connectivity index (χ2n) is 8.17. The minimum atomic E-state index is -0.213. The summed E-state index contributed by atoms with van der Waals surface area (Å²) in [5.41, 5.74) is 1.37. The molecule has 3 aromatic rings. The van der Waals surface area contributed by atoms with E-state index in [1.165, 1.54) is 38.8 Å². The predicted molar refractivity (Wildman–Crippen MR) is 123 cm³/mol. The number of thiazole rings is 1. The van der Waals surface area contributed by atoms with Crippen molar-refractivity contribution in [3.05, 3.63) is 42.2 Å². The lowest BCUT2D eigenvalue weighted by Crippen LogP contribution is -2.40. The molecule has 8 heteroatoms. The molecular weight excluding hydrogens is 410 g/mol. The monoisotopic (exact) mass is 437 g/mol. The van der Waals surface area contributed by atoms with Crippen LogP contribution in [-0.2, 0) is 0 Å². The standard InChI is InChI=1S/C23H27N5O2S/c1-24-22(29)20-8-6-18(14-25-20)30-17-5-7-19-21(13-17)31-23(26-19)28-12-9-16(15-28)27-10-3-2-4-11-27/h5-8,13-14,16H,2-4,9-12,15H2,1H3,(H,24,29). The van der Waals surface area contributed by atoms with Gasteiger partial charge >= 0.3 is 0 Å². The molecule has 1 aromatic carbocycles. The molecule has 0 bridgehead atoms. The third-order valence-corrected chi connectivity index (χ3v) is 7.20. The van der Waals surface area contributed by atoms with Crippen molar-refractivity contribution < 1.29 is 9.53 Å². The average molecular weight is 438 g/mol. The minimum absolute atomic E-state index is 0.213. The maximum absolute atomic E-state index is 11.6. The second-order valence-corrected chi connectivity index (χ2v) is 9.18. The summed E-state index contributed by atoms with van der Waals surface area (Å²) in [4.78, 5) is 25.8. The number of piperidine rings is 1. The van der Waals surface area contributed by atoms with Gasteiger partial charge in [0, 0.05) is 32.2 Å². The van der Waals surface area contributed by atoms with Crippen molar-refractivity contribution in [3.8, 4) is 11.5 Å². The Labute approximate surface area is 186 Å². The zero-order chi connectivity index (χ0) is 21.2. The highest BCUT2D eigenvalue weighted by molar-refractivity contribution is 7.22. The van der Waals surface area contributed by atoms with Crippen molar-refractivity contribution >= 4 is 32.6 Å². The van der Waals surface area contributed by atoms with Crippen molar-refractivity contribution in [2.75, 3.05) is 38.1 Å². The predicted octanol–water partition coefficient (Wildman–Crippen LogP) is 3.91. The summed E-state index contributed by atoms with van der Waals surface area (Å²) >= 11 is 1.73. The highest BCUT2D eigenvalue weighted by Crippen LogP contribution is 2.35. The minimum Gasteiger partial charge on any atom is -0.456 e. The number of nitrogens with zero attached hydrogens (tertiary/aromatic N) is 4. The van der Waals surface area contributed by atoms with Crippen molar-refractivity contribution in [1.82, 2.24) is 20.2 Å². The molecule has 7 nitrogen and oxygen atoms in total. The first-order valence-corrected chi connectivity index (χ1v) is 11.8. The van der Waals surface area contributed by atoms with Gasteiger partial charge in [-0.2, -0.15) is 0 Å². The first-order valence-electron chi connectivity index (χ1n) is 11.0. The molecule has 0 radical (unpaired) electrons. The van der Waals surface area contributed by atoms with Crippen molar-refractivity contribution in [1.29, 1.82) is 0 Å². The molecule has 4 heterocycles. The van der Waals surface area contributed by atoms with E-state index in [0.29, 0.717) is 17.5 Å². The molecule has 2 aliphatic rings. The zero-order valence-corrected chi connectivity index (χ0v) is 18.5. The van der Waals surface area contributed by atoms with Crippen molar-refractivity contribution in [3.63, 3.8) is 0 Å². The van der Waals surface area contributed by atoms with Crippen LogP contribution in [0, 0.1) is 0 Å². The van der Waals surface area contributed by atoms with Gasteiger partial charge in [-0.15, -0.1) is 0 Å². The Bertz CT molecular complexity index is 1060. The summed E-state index contributed by atoms with van der Waals surface area (Å²) in [7, 11) is 1.59. The van der Waals surface area contributed by atoms with Crippen LogP contribution in [0.4, 0.5) is 5.13 Å². The van der Waals surface area contributed by atoms with E-state index in [2.05, 4.69) is 20.1 Å². The van der Waals surface area contributed by atoms with E-state index < -0.39 is 0 Å². The lowest BCUT2D eigenvalue weighted by atomic mass is 10.1. The Kier molecular flexibility index (Phi) is 5.74. The fourth-order valence-electron chi connectivity index (χ4n) is 4.43. The number of ether oxygens (including phenoxy) is 1. The number of likely N-dealkylation sites (tertiary alicyclic amines) is 1. The van der Waals surface area contributed by atoms with Crippen LogP contribution in [0.5, 0.6) is 11.5 Å². The van der Waals surface area contributed by atoms with E-state index in [0.717, 1.165) is 34.2 Å². The molecule has 1 amide bonds. The number of carbonyl (C=O) groups excluding carboxylic acids is 1. The molecule has 2 aliphatic heterocycles. The number of hydrogen-bond donors (Lipinski definition) is 1. The molecule has 0 aliphatic carbocycles. The number of amides is 1. The number of pyridine rings is 1. The molecule has 5 rings (SSSR count). The van der Waals surface area contributed by atoms with E-state index >= 15 is 0 Å². The summed E-state index contributed by atoms with van der Waals surface area (Å²) < 4.78 is 7.07. The van der Waals surface area contributed by atoms with Crippen LogP contribution in [0.3, 0.4) is 0 Å². The third kappa shape index (κ3) is 4.36. The zero-order valence-electron chi connectivity index (χ0n) is 17.7. The lowest BCUT2D eigenvalue weighted by Gasteiger charge is -2.32. The Morgan fingerprint density at radius 2 is 1.97 bits per heavy atom. The van der Waals surface area contributed by atoms with Crippen LogP contribution in [-0.4, -0.2) is 60.0 Å². The highest BCUT2D eigenvalue weighted by Gasteiger charge is 2.29. The van der Waals surface area contributed by atoms with Gasteiger partial charge in [-0.25, -0.2) is 9.97 Å². The van der Waals surface area contributed by atoms with Crippen molar-refractivity contribution in [2.45, 2.75) is 31.7 Å². The van der Waals surface area contributed by atoms with Gasteiger partial charge in [-0.05, 0) is 56.6 Å². The summed E-state index contributed by atoms with van der Waals surface area (Å²) in [6.07, 6.45) is 6.85. The largest absolute Gasteiger partial charge is 0.456 e. The Morgan fingerprint density at radius 3 is 2.74 bits per heavy atom. The van der Waals surface area contributed by atoms with Crippen LogP contribution in [0.15, 0.2) is 36.5 Å². The number of fused-ring (bicyclic) bond motifs is 1. The number of aromatic nitrogens is 2. The van der Waals surface area contributed by atoms with Crippen LogP contribution in [0.2, 0.25) is 0 Å². The molecule has 2 aromatic heterocycles. The van der Waals surface area contributed by atoms with Crippen molar-refractivity contribution in [2.24, 2.45) is 0 Å². The van der Waals surface area contributed by atoms with Gasteiger partial charge in [0.2, 0.25) is 0 Å². The summed E-state index contributed by atoms with van der Waals surface area (Å²) in [6.45, 7) is 4.65. The number of rotatable bonds is 5. The van der Waals surface area contributed by atoms with E-state index in [1.807, 2.05) is 18.2 Å². The fourth-order valence-corrected chi connectivity index (χ4v) is 5.46. The normalized spacial score (nSPS) is 19.6. The van der Waals surface area contributed by atoms with Gasteiger partial charge in [-0.3, -0.25) is 9.69 Å². The first kappa shape index (κ1) is 20.2. The quantitative estimate of drug-likeness (QED) is 0.653. The Morgan fingerprint density at radius 1 is 1.13 bits per heavy atom. The van der Waals surface area contributed by atoms with Gasteiger partial charge in [-0.1, -0.05) is 17.8 Å². The Hall–Kier alpha value is -2.71. The highest BCUT2D eigenvalue weighted by atomic mass is 32.1. The van der Waals surface area contributed by atoms with Crippen LogP contribution in [0.1, 0.15) is 36.2 Å². The lowest BCUT2D eigenvalue weighted by molar-refractivity contribution is 0.0958. The van der Waals surface area contributed by atoms with Crippen LogP contribution >= 0.6 is 11.3 Å². The molecule has 0 saturated carbocycles. The van der Waals surface area contributed by atoms with E-state index in [1.54, 1.807) is 36.7 Å². The van der Waals surface area contributed by atoms with E-state index in [4.69, 9.17) is 9.72 Å². The SMILES string of the molecule is CNC(=O)c1ccc(Oc2ccc3nc(N4CCC(N5CCCCC5)C4)sc3c2)cn1. The Balaban J connectivity index is 1.27. The van der Waals surface area contributed by atoms with Gasteiger partial charge in [0.1, 0.15) is 17.2 Å². The van der Waals surface area contributed by atoms with Gasteiger partial charge in [0.15, 0.2) is 5.13 Å².